The summed E-state index contributed by atoms with van der Waals surface area (Å²) < 4.78 is 2.99. The molecule has 0 bridgehead atoms. The van der Waals surface area contributed by atoms with E-state index in [2.05, 4.69) is 32.9 Å². The number of carbonyl (C=O) groups excluding carboxylic acids is 1. The number of halogens is 1. The van der Waals surface area contributed by atoms with E-state index in [0.717, 1.165) is 38.8 Å². The number of aromatic amines is 1. The zero-order chi connectivity index (χ0) is 20.5. The number of imidazole rings is 1. The molecule has 1 aliphatic rings. The number of anilines is 2. The minimum absolute atomic E-state index is 0.0796. The van der Waals surface area contributed by atoms with E-state index in [1.165, 1.54) is 0 Å². The van der Waals surface area contributed by atoms with Crippen molar-refractivity contribution in [1.82, 2.24) is 14.5 Å². The second-order valence-corrected chi connectivity index (χ2v) is 8.77. The number of nitrogens with one attached hydrogen (secondary N) is 2. The number of nitrogens with zero attached hydrogens (tertiary/aromatic N) is 3. The molecule has 0 aliphatic carbocycles. The molecular formula is C21H24IN5O2. The fourth-order valence-electron chi connectivity index (χ4n) is 3.93. The predicted octanol–water partition coefficient (Wildman–Crippen LogP) is 3.87. The quantitative estimate of drug-likeness (QED) is 0.531. The van der Waals surface area contributed by atoms with E-state index in [1.807, 2.05) is 70.9 Å². The molecule has 2 N–H and O–H groups in total. The summed E-state index contributed by atoms with van der Waals surface area (Å²) in [6.45, 7) is 1.24. The van der Waals surface area contributed by atoms with Crippen molar-refractivity contribution < 1.29 is 4.79 Å². The lowest BCUT2D eigenvalue weighted by molar-refractivity contribution is 0.184. The van der Waals surface area contributed by atoms with Crippen LogP contribution in [-0.2, 0) is 0 Å². The third kappa shape index (κ3) is 3.98. The third-order valence-corrected chi connectivity index (χ3v) is 6.14. The van der Waals surface area contributed by atoms with Gasteiger partial charge in [-0.15, -0.1) is 0 Å². The Morgan fingerprint density at radius 2 is 1.83 bits per heavy atom. The fraction of sp³-hybridized carbons (Fsp3) is 0.333. The van der Waals surface area contributed by atoms with Crippen molar-refractivity contribution in [2.24, 2.45) is 0 Å². The van der Waals surface area contributed by atoms with Gasteiger partial charge in [-0.05, 0) is 71.8 Å². The number of amides is 2. The summed E-state index contributed by atoms with van der Waals surface area (Å²) in [4.78, 5) is 32.1. The van der Waals surface area contributed by atoms with E-state index < -0.39 is 0 Å². The molecule has 2 aromatic carbocycles. The smallest absolute Gasteiger partial charge is 0.326 e. The maximum Gasteiger partial charge on any atom is 0.326 e. The molecule has 7 nitrogen and oxygen atoms in total. The zero-order valence-corrected chi connectivity index (χ0v) is 18.6. The van der Waals surface area contributed by atoms with Crippen LogP contribution in [0.4, 0.5) is 16.2 Å². The van der Waals surface area contributed by atoms with Gasteiger partial charge in [0, 0.05) is 42.5 Å². The number of carbonyl (C=O) groups is 1. The van der Waals surface area contributed by atoms with Crippen LogP contribution < -0.4 is 15.9 Å². The molecule has 152 valence electrons. The lowest BCUT2D eigenvalue weighted by Crippen LogP contribution is -2.42. The topological polar surface area (TPSA) is 73.4 Å². The standard InChI is InChI=1S/C21H24IN5O2/c1-25(2)17-4-3-5-18-19(17)24-21(29)27(18)16-10-12-26(13-11-16)20(28)23-15-8-6-14(22)7-9-15/h3-9,16H,10-13H2,1-2H3,(H,23,28)(H,24,29). The number of hydrogen-bond donors (Lipinski definition) is 2. The third-order valence-electron chi connectivity index (χ3n) is 5.42. The van der Waals surface area contributed by atoms with Gasteiger partial charge in [0.15, 0.2) is 0 Å². The minimum Gasteiger partial charge on any atom is -0.376 e. The van der Waals surface area contributed by atoms with Crippen LogP contribution in [-0.4, -0.2) is 47.7 Å². The van der Waals surface area contributed by atoms with Crippen molar-refractivity contribution >= 4 is 51.0 Å². The Morgan fingerprint density at radius 1 is 1.14 bits per heavy atom. The highest BCUT2D eigenvalue weighted by Gasteiger charge is 2.26. The number of benzene rings is 2. The van der Waals surface area contributed by atoms with Crippen LogP contribution in [0.5, 0.6) is 0 Å². The van der Waals surface area contributed by atoms with Crippen molar-refractivity contribution in [3.05, 3.63) is 56.5 Å². The Balaban J connectivity index is 1.48. The van der Waals surface area contributed by atoms with Gasteiger partial charge in [-0.25, -0.2) is 9.59 Å². The van der Waals surface area contributed by atoms with Crippen molar-refractivity contribution in [1.29, 1.82) is 0 Å². The van der Waals surface area contributed by atoms with Crippen LogP contribution in [0.3, 0.4) is 0 Å². The lowest BCUT2D eigenvalue weighted by atomic mass is 10.0. The first-order valence-electron chi connectivity index (χ1n) is 9.66. The maximum atomic E-state index is 12.7. The molecule has 1 fully saturated rings. The number of likely N-dealkylation sites (tertiary alicyclic amines) is 1. The molecule has 2 heterocycles. The molecule has 3 aromatic rings. The van der Waals surface area contributed by atoms with Gasteiger partial charge in [0.05, 0.1) is 16.7 Å². The average Bonchev–Trinajstić information content (AvgIpc) is 3.05. The molecule has 2 amide bonds. The van der Waals surface area contributed by atoms with Crippen molar-refractivity contribution in [2.45, 2.75) is 18.9 Å². The highest BCUT2D eigenvalue weighted by atomic mass is 127. The molecule has 0 spiro atoms. The first kappa shape index (κ1) is 19.8. The molecular weight excluding hydrogens is 481 g/mol. The molecule has 0 unspecified atom stereocenters. The Labute approximate surface area is 182 Å². The molecule has 1 aliphatic heterocycles. The van der Waals surface area contributed by atoms with Crippen LogP contribution >= 0.6 is 22.6 Å². The van der Waals surface area contributed by atoms with Gasteiger partial charge in [-0.3, -0.25) is 4.57 Å². The highest BCUT2D eigenvalue weighted by molar-refractivity contribution is 14.1. The van der Waals surface area contributed by atoms with E-state index >= 15 is 0 Å². The lowest BCUT2D eigenvalue weighted by Gasteiger charge is -2.32. The molecule has 1 aromatic heterocycles. The number of fused-ring (bicyclic) bond motifs is 1. The van der Waals surface area contributed by atoms with Gasteiger partial charge in [0.25, 0.3) is 0 Å². The number of H-pyrrole nitrogens is 1. The number of piperidine rings is 1. The Morgan fingerprint density at radius 3 is 2.48 bits per heavy atom. The monoisotopic (exact) mass is 505 g/mol. The number of urea groups is 1. The van der Waals surface area contributed by atoms with Crippen LogP contribution in [0.15, 0.2) is 47.3 Å². The average molecular weight is 505 g/mol. The summed E-state index contributed by atoms with van der Waals surface area (Å²) >= 11 is 2.24. The SMILES string of the molecule is CN(C)c1cccc2c1[nH]c(=O)n2C1CCN(C(=O)Nc2ccc(I)cc2)CC1. The van der Waals surface area contributed by atoms with Gasteiger partial charge in [-0.2, -0.15) is 0 Å². The van der Waals surface area contributed by atoms with E-state index in [9.17, 15) is 9.59 Å². The molecule has 4 rings (SSSR count). The van der Waals surface area contributed by atoms with E-state index in [1.54, 1.807) is 0 Å². The zero-order valence-electron chi connectivity index (χ0n) is 16.5. The first-order valence-corrected chi connectivity index (χ1v) is 10.7. The second kappa shape index (κ2) is 8.10. The molecule has 1 saturated heterocycles. The van der Waals surface area contributed by atoms with Crippen molar-refractivity contribution in [3.63, 3.8) is 0 Å². The maximum absolute atomic E-state index is 12.7. The van der Waals surface area contributed by atoms with Gasteiger partial charge in [0.1, 0.15) is 0 Å². The summed E-state index contributed by atoms with van der Waals surface area (Å²) in [6, 6.07) is 13.7. The number of rotatable bonds is 3. The van der Waals surface area contributed by atoms with Crippen molar-refractivity contribution in [2.75, 3.05) is 37.4 Å². The first-order chi connectivity index (χ1) is 13.9. The van der Waals surface area contributed by atoms with Gasteiger partial charge < -0.3 is 20.1 Å². The Hall–Kier alpha value is -2.49. The predicted molar refractivity (Wildman–Crippen MR) is 125 cm³/mol. The van der Waals surface area contributed by atoms with Gasteiger partial charge >= 0.3 is 11.7 Å². The van der Waals surface area contributed by atoms with E-state index in [4.69, 9.17) is 0 Å². The molecule has 0 atom stereocenters. The van der Waals surface area contributed by atoms with Crippen molar-refractivity contribution in [3.8, 4) is 0 Å². The van der Waals surface area contributed by atoms with Crippen LogP contribution in [0.1, 0.15) is 18.9 Å². The number of hydrogen-bond acceptors (Lipinski definition) is 3. The van der Waals surface area contributed by atoms with E-state index in [-0.39, 0.29) is 17.8 Å². The molecule has 29 heavy (non-hydrogen) atoms. The number of aromatic nitrogens is 2. The molecule has 8 heteroatoms. The summed E-state index contributed by atoms with van der Waals surface area (Å²) in [5.74, 6) is 0. The fourth-order valence-corrected chi connectivity index (χ4v) is 4.29. The van der Waals surface area contributed by atoms with Crippen LogP contribution in [0.2, 0.25) is 0 Å². The highest BCUT2D eigenvalue weighted by Crippen LogP contribution is 2.29. The molecule has 0 radical (unpaired) electrons. The summed E-state index contributed by atoms with van der Waals surface area (Å²) in [5.41, 5.74) is 3.48. The second-order valence-electron chi connectivity index (χ2n) is 7.52. The largest absolute Gasteiger partial charge is 0.376 e. The Kier molecular flexibility index (Phi) is 5.53. The van der Waals surface area contributed by atoms with Crippen LogP contribution in [0, 0.1) is 3.57 Å². The van der Waals surface area contributed by atoms with Gasteiger partial charge in [0.2, 0.25) is 0 Å². The summed E-state index contributed by atoms with van der Waals surface area (Å²) in [7, 11) is 3.93. The molecule has 0 saturated carbocycles. The summed E-state index contributed by atoms with van der Waals surface area (Å²) in [5, 5.41) is 2.95. The van der Waals surface area contributed by atoms with E-state index in [0.29, 0.717) is 13.1 Å². The minimum atomic E-state index is -0.0918. The number of para-hydroxylation sites is 1. The normalized spacial score (nSPS) is 14.9. The Bertz CT molecular complexity index is 1080. The summed E-state index contributed by atoms with van der Waals surface area (Å²) in [6.07, 6.45) is 1.50. The van der Waals surface area contributed by atoms with Gasteiger partial charge in [-0.1, -0.05) is 6.07 Å². The van der Waals surface area contributed by atoms with Crippen LogP contribution in [0.25, 0.3) is 11.0 Å².